The van der Waals surface area contributed by atoms with Gasteiger partial charge in [-0.05, 0) is 74.5 Å². The van der Waals surface area contributed by atoms with Gasteiger partial charge in [-0.3, -0.25) is 4.79 Å². The third-order valence-corrected chi connectivity index (χ3v) is 5.45. The Kier molecular flexibility index (Phi) is 9.15. The second kappa shape index (κ2) is 11.6. The highest BCUT2D eigenvalue weighted by atomic mass is 35.5. The number of carbonyl (C=O) groups excluding carboxylic acids is 2. The molecule has 7 heteroatoms. The van der Waals surface area contributed by atoms with Gasteiger partial charge in [0, 0.05) is 23.5 Å². The van der Waals surface area contributed by atoms with Crippen molar-refractivity contribution in [1.29, 1.82) is 0 Å². The zero-order chi connectivity index (χ0) is 20.6. The van der Waals surface area contributed by atoms with Crippen molar-refractivity contribution < 1.29 is 9.59 Å². The van der Waals surface area contributed by atoms with Crippen LogP contribution < -0.4 is 21.3 Å². The lowest BCUT2D eigenvalue weighted by atomic mass is 9.85. The van der Waals surface area contributed by atoms with Crippen molar-refractivity contribution in [3.05, 3.63) is 54.1 Å². The molecule has 2 atom stereocenters. The van der Waals surface area contributed by atoms with Crippen molar-refractivity contribution in [2.45, 2.75) is 33.1 Å². The van der Waals surface area contributed by atoms with E-state index in [0.717, 1.165) is 30.0 Å². The minimum absolute atomic E-state index is 0. The van der Waals surface area contributed by atoms with Crippen molar-refractivity contribution in [3.63, 3.8) is 0 Å². The largest absolute Gasteiger partial charge is 0.326 e. The number of benzene rings is 2. The molecule has 1 aliphatic heterocycles. The zero-order valence-electron chi connectivity index (χ0n) is 17.5. The lowest BCUT2D eigenvalue weighted by molar-refractivity contribution is -0.117. The van der Waals surface area contributed by atoms with E-state index < -0.39 is 0 Å². The average Bonchev–Trinajstić information content (AvgIpc) is 2.71. The molecule has 1 heterocycles. The first kappa shape index (κ1) is 23.7. The van der Waals surface area contributed by atoms with Gasteiger partial charge in [0.25, 0.3) is 0 Å². The van der Waals surface area contributed by atoms with Crippen LogP contribution in [-0.2, 0) is 4.79 Å². The highest BCUT2D eigenvalue weighted by Gasteiger charge is 2.22. The molecule has 4 N–H and O–H groups in total. The number of anilines is 3. The highest BCUT2D eigenvalue weighted by molar-refractivity contribution is 6.00. The molecule has 0 bridgehead atoms. The maximum absolute atomic E-state index is 12.6. The molecule has 3 rings (SSSR count). The maximum atomic E-state index is 12.6. The summed E-state index contributed by atoms with van der Waals surface area (Å²) in [7, 11) is 0. The van der Waals surface area contributed by atoms with Gasteiger partial charge >= 0.3 is 6.03 Å². The van der Waals surface area contributed by atoms with Gasteiger partial charge in [-0.25, -0.2) is 4.79 Å². The van der Waals surface area contributed by atoms with E-state index in [-0.39, 0.29) is 24.3 Å². The zero-order valence-corrected chi connectivity index (χ0v) is 18.4. The van der Waals surface area contributed by atoms with E-state index in [1.54, 1.807) is 6.07 Å². The molecule has 30 heavy (non-hydrogen) atoms. The third-order valence-electron chi connectivity index (χ3n) is 5.45. The summed E-state index contributed by atoms with van der Waals surface area (Å²) >= 11 is 0. The summed E-state index contributed by atoms with van der Waals surface area (Å²) in [5.74, 6) is 0.892. The number of piperidine rings is 1. The van der Waals surface area contributed by atoms with Crippen molar-refractivity contribution in [2.24, 2.45) is 11.8 Å². The molecule has 1 saturated heterocycles. The molecule has 0 aromatic heterocycles. The first-order valence-corrected chi connectivity index (χ1v) is 10.3. The molecule has 1 aliphatic rings. The summed E-state index contributed by atoms with van der Waals surface area (Å²) in [5.41, 5.74) is 3.03. The van der Waals surface area contributed by atoms with Crippen LogP contribution in [0.3, 0.4) is 0 Å². The molecule has 0 spiro atoms. The number of hydrogen-bond donors (Lipinski definition) is 4. The molecule has 0 aliphatic carbocycles. The Labute approximate surface area is 184 Å². The van der Waals surface area contributed by atoms with E-state index >= 15 is 0 Å². The van der Waals surface area contributed by atoms with Crippen LogP contribution in [0.4, 0.5) is 21.9 Å². The fourth-order valence-electron chi connectivity index (χ4n) is 3.67. The van der Waals surface area contributed by atoms with Crippen LogP contribution in [-0.4, -0.2) is 25.0 Å². The molecular weight excluding hydrogens is 400 g/mol. The van der Waals surface area contributed by atoms with Gasteiger partial charge in [-0.15, -0.1) is 12.4 Å². The van der Waals surface area contributed by atoms with Crippen LogP contribution in [0.15, 0.2) is 48.5 Å². The number of hydrogen-bond acceptors (Lipinski definition) is 3. The predicted molar refractivity (Wildman–Crippen MR) is 126 cm³/mol. The molecule has 6 nitrogen and oxygen atoms in total. The molecule has 2 aromatic rings. The summed E-state index contributed by atoms with van der Waals surface area (Å²) in [6.45, 7) is 6.16. The summed E-state index contributed by atoms with van der Waals surface area (Å²) in [6.07, 6.45) is 2.85. The number of aryl methyl sites for hydroxylation is 1. The van der Waals surface area contributed by atoms with E-state index in [1.807, 2.05) is 49.4 Å². The smallest absolute Gasteiger partial charge is 0.323 e. The molecular formula is C23H31ClN4O2. The number of nitrogens with one attached hydrogen (secondary N) is 4. The van der Waals surface area contributed by atoms with E-state index in [2.05, 4.69) is 28.2 Å². The molecule has 0 radical (unpaired) electrons. The molecule has 162 valence electrons. The Morgan fingerprint density at radius 3 is 2.50 bits per heavy atom. The van der Waals surface area contributed by atoms with E-state index in [0.29, 0.717) is 23.9 Å². The van der Waals surface area contributed by atoms with E-state index in [1.165, 1.54) is 12.8 Å². The standard InChI is InChI=1S/C23H30N4O2.ClH/c1-16-10-11-20(26-23(29)25-19-8-4-3-5-9-19)14-21(16)27-22(28)13-17(2)18-7-6-12-24-15-18;/h3-5,8-11,14,17-18,24H,6-7,12-13,15H2,1-2H3,(H,27,28)(H2,25,26,29);1H. The topological polar surface area (TPSA) is 82.3 Å². The Balaban J connectivity index is 0.00000320. The highest BCUT2D eigenvalue weighted by Crippen LogP contribution is 2.25. The minimum Gasteiger partial charge on any atom is -0.326 e. The number of urea groups is 1. The van der Waals surface area contributed by atoms with E-state index in [9.17, 15) is 9.59 Å². The van der Waals surface area contributed by atoms with Crippen LogP contribution in [0, 0.1) is 18.8 Å². The van der Waals surface area contributed by atoms with Crippen molar-refractivity contribution >= 4 is 41.4 Å². The number of amides is 3. The quantitative estimate of drug-likeness (QED) is 0.519. The van der Waals surface area contributed by atoms with Gasteiger partial charge in [-0.2, -0.15) is 0 Å². The maximum Gasteiger partial charge on any atom is 0.323 e. The van der Waals surface area contributed by atoms with Gasteiger partial charge in [0.05, 0.1) is 0 Å². The van der Waals surface area contributed by atoms with Crippen molar-refractivity contribution in [3.8, 4) is 0 Å². The summed E-state index contributed by atoms with van der Waals surface area (Å²) in [6, 6.07) is 14.4. The van der Waals surface area contributed by atoms with Crippen molar-refractivity contribution in [2.75, 3.05) is 29.0 Å². The monoisotopic (exact) mass is 430 g/mol. The predicted octanol–water partition coefficient (Wildman–Crippen LogP) is 5.03. The van der Waals surface area contributed by atoms with Crippen LogP contribution in [0.5, 0.6) is 0 Å². The minimum atomic E-state index is -0.323. The van der Waals surface area contributed by atoms with Crippen LogP contribution in [0.2, 0.25) is 0 Å². The molecule has 0 saturated carbocycles. The Morgan fingerprint density at radius 1 is 1.07 bits per heavy atom. The second-order valence-electron chi connectivity index (χ2n) is 7.81. The molecule has 2 aromatic carbocycles. The SMILES string of the molecule is Cc1ccc(NC(=O)Nc2ccccc2)cc1NC(=O)CC(C)C1CCCNC1.Cl. The molecule has 1 fully saturated rings. The summed E-state index contributed by atoms with van der Waals surface area (Å²) < 4.78 is 0. The number of halogens is 1. The summed E-state index contributed by atoms with van der Waals surface area (Å²) in [5, 5.41) is 12.0. The second-order valence-corrected chi connectivity index (χ2v) is 7.81. The Bertz CT molecular complexity index is 838. The van der Waals surface area contributed by atoms with Crippen LogP contribution in [0.25, 0.3) is 0 Å². The third kappa shape index (κ3) is 7.04. The fraction of sp³-hybridized carbons (Fsp3) is 0.391. The lowest BCUT2D eigenvalue weighted by Crippen LogP contribution is -2.34. The van der Waals surface area contributed by atoms with Gasteiger partial charge < -0.3 is 21.3 Å². The lowest BCUT2D eigenvalue weighted by Gasteiger charge is -2.28. The average molecular weight is 431 g/mol. The van der Waals surface area contributed by atoms with Gasteiger partial charge in [0.1, 0.15) is 0 Å². The van der Waals surface area contributed by atoms with Crippen LogP contribution in [0.1, 0.15) is 31.7 Å². The Morgan fingerprint density at radius 2 is 1.80 bits per heavy atom. The van der Waals surface area contributed by atoms with Gasteiger partial charge in [-0.1, -0.05) is 31.2 Å². The normalized spacial score (nSPS) is 16.7. The molecule has 2 unspecified atom stereocenters. The van der Waals surface area contributed by atoms with Gasteiger partial charge in [0.15, 0.2) is 0 Å². The first-order chi connectivity index (χ1) is 14.0. The fourth-order valence-corrected chi connectivity index (χ4v) is 3.67. The first-order valence-electron chi connectivity index (χ1n) is 10.3. The molecule has 3 amide bonds. The number of rotatable bonds is 6. The van der Waals surface area contributed by atoms with E-state index in [4.69, 9.17) is 0 Å². The number of carbonyl (C=O) groups is 2. The number of para-hydroxylation sites is 1. The van der Waals surface area contributed by atoms with Crippen LogP contribution >= 0.6 is 12.4 Å². The summed E-state index contributed by atoms with van der Waals surface area (Å²) in [4.78, 5) is 24.8. The van der Waals surface area contributed by atoms with Crippen molar-refractivity contribution in [1.82, 2.24) is 5.32 Å². The Hall–Kier alpha value is -2.57. The van der Waals surface area contributed by atoms with Gasteiger partial charge in [0.2, 0.25) is 5.91 Å².